The number of aromatic nitrogens is 2. The van der Waals surface area contributed by atoms with Crippen molar-refractivity contribution in [1.29, 1.82) is 0 Å². The van der Waals surface area contributed by atoms with Crippen molar-refractivity contribution >= 4 is 64.3 Å². The quantitative estimate of drug-likeness (QED) is 0.0375. The van der Waals surface area contributed by atoms with Gasteiger partial charge in [0, 0.05) is 67.2 Å². The summed E-state index contributed by atoms with van der Waals surface area (Å²) in [6, 6.07) is 0.332. The number of fused-ring (bicyclic) bond motifs is 5. The Labute approximate surface area is 447 Å². The van der Waals surface area contributed by atoms with Crippen LogP contribution in [0, 0.1) is 12.7 Å². The number of aliphatic carboxylic acids is 1. The number of hydrogen-bond acceptors (Lipinski definition) is 16. The monoisotopic (exact) mass is 1090 g/mol. The van der Waals surface area contributed by atoms with Crippen molar-refractivity contribution in [3.05, 3.63) is 73.8 Å². The maximum absolute atomic E-state index is 15.1. The van der Waals surface area contributed by atoms with Gasteiger partial charge >= 0.3 is 17.9 Å². The first kappa shape index (κ1) is 56.8. The molecule has 6 heterocycles. The highest BCUT2D eigenvalue weighted by Crippen LogP contribution is 2.44. The van der Waals surface area contributed by atoms with Crippen LogP contribution in [0.15, 0.2) is 29.1 Å². The van der Waals surface area contributed by atoms with Gasteiger partial charge in [0.15, 0.2) is 0 Å². The molecular formula is C54H64FN7O16. The van der Waals surface area contributed by atoms with Crippen molar-refractivity contribution in [2.24, 2.45) is 0 Å². The van der Waals surface area contributed by atoms with E-state index in [9.17, 15) is 53.1 Å². The van der Waals surface area contributed by atoms with Crippen molar-refractivity contribution in [3.63, 3.8) is 0 Å². The number of cyclic esters (lactones) is 1. The van der Waals surface area contributed by atoms with Crippen molar-refractivity contribution < 1.29 is 76.3 Å². The standard InChI is InChI=1S/C54H64FN7O16/c1-3-54(36-25-41-49-34(29-62(41)51(71)35(36)30-77-53(54)73)33-10-7-9-32-31(2)37(55)26-38(59-49)48(32)33)78-47(69)28-57-50(70)40-11-8-18-60(40)52(72)39(27-46(67)68)58-43(64)15-19-74-21-23-76-24-22-75-20-16-56-42(63)12-5-4-6-17-61-44(65)13-14-45(61)66/h13-14,25-26,39-40H,3-12,15-24,27-30H2,1-2H3,(H,56,63)(H,57,70)(H,58,64)(H,67,68)/t39-,40-,54-/m0/s1. The molecule has 23 nitrogen and oxygen atoms in total. The van der Waals surface area contributed by atoms with E-state index in [1.807, 2.05) is 0 Å². The summed E-state index contributed by atoms with van der Waals surface area (Å²) < 4.78 is 44.4. The van der Waals surface area contributed by atoms with Crippen molar-refractivity contribution in [2.75, 3.05) is 65.8 Å². The SMILES string of the molecule is CC[C@@]1(OC(=O)CNC(=O)[C@@H]2CCCN2C(=O)[C@H](CC(=O)O)NC(=O)CCOCCOCCOCCNC(=O)CCCCCN2C(=O)C=CC2=O)C(=O)OCc2c1cc1n(c2=O)Cc2c-1nc1cc(F)c(C)c3c1c2CCC3. The maximum Gasteiger partial charge on any atom is 0.355 e. The molecule has 0 bridgehead atoms. The van der Waals surface area contributed by atoms with Crippen LogP contribution in [0.5, 0.6) is 0 Å². The number of esters is 2. The first-order valence-corrected chi connectivity index (χ1v) is 26.5. The third-order valence-corrected chi connectivity index (χ3v) is 14.8. The maximum atomic E-state index is 15.1. The Morgan fingerprint density at radius 3 is 2.31 bits per heavy atom. The number of likely N-dealkylation sites (tertiary alicyclic amines) is 1. The molecular weight excluding hydrogens is 1020 g/mol. The zero-order chi connectivity index (χ0) is 55.7. The first-order chi connectivity index (χ1) is 37.5. The van der Waals surface area contributed by atoms with Crippen LogP contribution >= 0.6 is 0 Å². The fourth-order valence-electron chi connectivity index (χ4n) is 10.8. The summed E-state index contributed by atoms with van der Waals surface area (Å²) in [6.45, 7) is 4.08. The summed E-state index contributed by atoms with van der Waals surface area (Å²) in [7, 11) is 0. The molecule has 1 aromatic carbocycles. The summed E-state index contributed by atoms with van der Waals surface area (Å²) in [5, 5.41) is 18.2. The largest absolute Gasteiger partial charge is 0.481 e. The van der Waals surface area contributed by atoms with Crippen LogP contribution < -0.4 is 21.5 Å². The van der Waals surface area contributed by atoms with Gasteiger partial charge in [-0.15, -0.1) is 0 Å². The molecule has 6 amide bonds. The number of amides is 6. The fourth-order valence-corrected chi connectivity index (χ4v) is 10.8. The number of carbonyl (C=O) groups excluding carboxylic acids is 8. The topological polar surface area (TPSA) is 297 Å². The van der Waals surface area contributed by atoms with Gasteiger partial charge in [-0.2, -0.15) is 0 Å². The van der Waals surface area contributed by atoms with Crippen LogP contribution in [0.25, 0.3) is 22.3 Å². The van der Waals surface area contributed by atoms with Crippen molar-refractivity contribution in [2.45, 2.75) is 122 Å². The number of carboxylic acid groups (broad SMARTS) is 1. The van der Waals surface area contributed by atoms with Crippen LogP contribution in [-0.4, -0.2) is 156 Å². The second kappa shape index (κ2) is 25.4. The Morgan fingerprint density at radius 1 is 0.859 bits per heavy atom. The predicted molar refractivity (Wildman–Crippen MR) is 271 cm³/mol. The molecule has 0 spiro atoms. The predicted octanol–water partition coefficient (Wildman–Crippen LogP) is 1.67. The Morgan fingerprint density at radius 2 is 1.58 bits per heavy atom. The van der Waals surface area contributed by atoms with Crippen LogP contribution in [0.3, 0.4) is 0 Å². The van der Waals surface area contributed by atoms with E-state index in [0.29, 0.717) is 80.5 Å². The first-order valence-electron chi connectivity index (χ1n) is 26.5. The van der Waals surface area contributed by atoms with Gasteiger partial charge in [0.1, 0.15) is 31.1 Å². The molecule has 3 aromatic rings. The van der Waals surface area contributed by atoms with E-state index in [1.54, 1.807) is 19.9 Å². The minimum atomic E-state index is -2.09. The average Bonchev–Trinajstić information content (AvgIpc) is 4.32. The second-order valence-electron chi connectivity index (χ2n) is 19.7. The fraction of sp³-hybridized carbons (Fsp3) is 0.537. The normalized spacial score (nSPS) is 18.3. The van der Waals surface area contributed by atoms with Crippen molar-refractivity contribution in [3.8, 4) is 11.4 Å². The molecule has 0 unspecified atom stereocenters. The van der Waals surface area contributed by atoms with E-state index in [2.05, 4.69) is 16.0 Å². The minimum Gasteiger partial charge on any atom is -0.481 e. The Kier molecular flexibility index (Phi) is 18.4. The second-order valence-corrected chi connectivity index (χ2v) is 19.7. The molecule has 2 aromatic heterocycles. The van der Waals surface area contributed by atoms with Gasteiger partial charge in [-0.25, -0.2) is 14.2 Å². The lowest BCUT2D eigenvalue weighted by molar-refractivity contribution is -0.189. The van der Waals surface area contributed by atoms with Crippen LogP contribution in [0.2, 0.25) is 0 Å². The molecule has 24 heteroatoms. The number of benzene rings is 1. The third kappa shape index (κ3) is 12.4. The van der Waals surface area contributed by atoms with Crippen LogP contribution in [0.1, 0.15) is 105 Å². The number of nitrogens with one attached hydrogen (secondary N) is 3. The number of ether oxygens (including phenoxy) is 5. The number of aryl methyl sites for hydroxylation is 2. The summed E-state index contributed by atoms with van der Waals surface area (Å²) in [4.78, 5) is 136. The van der Waals surface area contributed by atoms with E-state index in [1.165, 1.54) is 27.7 Å². The summed E-state index contributed by atoms with van der Waals surface area (Å²) in [5.74, 6) is -6.76. The lowest BCUT2D eigenvalue weighted by Crippen LogP contribution is -2.54. The lowest BCUT2D eigenvalue weighted by atomic mass is 9.84. The molecule has 0 radical (unpaired) electrons. The van der Waals surface area contributed by atoms with E-state index in [0.717, 1.165) is 33.4 Å². The van der Waals surface area contributed by atoms with Gasteiger partial charge in [0.25, 0.3) is 17.4 Å². The van der Waals surface area contributed by atoms with Crippen molar-refractivity contribution in [1.82, 2.24) is 35.3 Å². The molecule has 78 heavy (non-hydrogen) atoms. The number of nitrogens with zero attached hydrogens (tertiary/aromatic N) is 4. The van der Waals surface area contributed by atoms with E-state index in [-0.39, 0.29) is 113 Å². The highest BCUT2D eigenvalue weighted by atomic mass is 19.1. The summed E-state index contributed by atoms with van der Waals surface area (Å²) in [5.41, 5.74) is 2.28. The summed E-state index contributed by atoms with van der Waals surface area (Å²) >= 11 is 0. The molecule has 1 aliphatic carbocycles. The van der Waals surface area contributed by atoms with Gasteiger partial charge < -0.3 is 54.2 Å². The molecule has 1 saturated heterocycles. The summed E-state index contributed by atoms with van der Waals surface area (Å²) in [6.07, 6.45) is 6.29. The minimum absolute atomic E-state index is 0.0562. The molecule has 4 aliphatic heterocycles. The van der Waals surface area contributed by atoms with Gasteiger partial charge in [0.2, 0.25) is 29.2 Å². The highest BCUT2D eigenvalue weighted by Gasteiger charge is 2.51. The van der Waals surface area contributed by atoms with Gasteiger partial charge in [-0.3, -0.25) is 48.1 Å². The molecule has 8 rings (SSSR count). The number of carbonyl (C=O) groups is 9. The van der Waals surface area contributed by atoms with Crippen LogP contribution in [-0.2, 0) is 98.4 Å². The van der Waals surface area contributed by atoms with E-state index < -0.39 is 71.8 Å². The Balaban J connectivity index is 0.759. The Bertz CT molecular complexity index is 2980. The van der Waals surface area contributed by atoms with E-state index in [4.69, 9.17) is 28.7 Å². The number of unbranched alkanes of at least 4 members (excludes halogenated alkanes) is 2. The number of halogens is 1. The van der Waals surface area contributed by atoms with Gasteiger partial charge in [-0.1, -0.05) is 13.3 Å². The highest BCUT2D eigenvalue weighted by molar-refractivity contribution is 6.12. The molecule has 5 aliphatic rings. The van der Waals surface area contributed by atoms with E-state index >= 15 is 4.39 Å². The molecule has 0 saturated carbocycles. The number of carboxylic acids is 1. The smallest absolute Gasteiger partial charge is 0.355 e. The van der Waals surface area contributed by atoms with Gasteiger partial charge in [-0.05, 0) is 81.0 Å². The zero-order valence-corrected chi connectivity index (χ0v) is 43.7. The number of imide groups is 1. The van der Waals surface area contributed by atoms with Gasteiger partial charge in [0.05, 0.1) is 75.1 Å². The molecule has 1 fully saturated rings. The molecule has 4 N–H and O–H groups in total. The molecule has 418 valence electrons. The Hall–Kier alpha value is -7.44. The van der Waals surface area contributed by atoms with Crippen LogP contribution in [0.4, 0.5) is 4.39 Å². The number of hydrogen-bond donors (Lipinski definition) is 4. The third-order valence-electron chi connectivity index (χ3n) is 14.8. The zero-order valence-electron chi connectivity index (χ0n) is 43.7. The average molecular weight is 1090 g/mol. The number of rotatable bonds is 27. The number of pyridine rings is 2. The lowest BCUT2D eigenvalue weighted by Gasteiger charge is -2.35. The molecule has 3 atom stereocenters.